The predicted octanol–water partition coefficient (Wildman–Crippen LogP) is 5.90. The highest BCUT2D eigenvalue weighted by Gasteiger charge is 2.38. The van der Waals surface area contributed by atoms with E-state index in [2.05, 4.69) is 9.62 Å². The summed E-state index contributed by atoms with van der Waals surface area (Å²) in [5.74, 6) is 0.365. The van der Waals surface area contributed by atoms with Gasteiger partial charge in [-0.2, -0.15) is 0 Å². The number of hydrogen-bond acceptors (Lipinski definition) is 7. The number of halogens is 1. The molecule has 2 aromatic carbocycles. The first-order valence-electron chi connectivity index (χ1n) is 15.8. The summed E-state index contributed by atoms with van der Waals surface area (Å²) in [6.07, 6.45) is 7.60. The molecule has 8 nitrogen and oxygen atoms in total. The second kappa shape index (κ2) is 14.2. The van der Waals surface area contributed by atoms with Crippen LogP contribution in [0.4, 0.5) is 5.69 Å². The number of benzene rings is 2. The Bertz CT molecular complexity index is 1460. The lowest BCUT2D eigenvalue weighted by Crippen LogP contribution is -2.46. The summed E-state index contributed by atoms with van der Waals surface area (Å²) < 4.78 is 41.8. The number of nitrogens with one attached hydrogen (secondary N) is 1. The van der Waals surface area contributed by atoms with E-state index in [4.69, 9.17) is 21.1 Å². The first-order valence-corrected chi connectivity index (χ1v) is 17.7. The summed E-state index contributed by atoms with van der Waals surface area (Å²) >= 11 is 6.32. The van der Waals surface area contributed by atoms with Gasteiger partial charge in [0.2, 0.25) is 10.0 Å². The van der Waals surface area contributed by atoms with Gasteiger partial charge in [-0.1, -0.05) is 43.7 Å². The maximum absolute atomic E-state index is 13.7. The van der Waals surface area contributed by atoms with Gasteiger partial charge in [0.25, 0.3) is 5.91 Å². The number of amides is 1. The lowest BCUT2D eigenvalue weighted by atomic mass is 9.70. The smallest absolute Gasteiger partial charge is 0.264 e. The van der Waals surface area contributed by atoms with Gasteiger partial charge in [-0.3, -0.25) is 4.79 Å². The maximum atomic E-state index is 13.7. The van der Waals surface area contributed by atoms with E-state index in [1.165, 1.54) is 12.7 Å². The molecule has 2 heterocycles. The second-order valence-corrected chi connectivity index (χ2v) is 15.2. The Morgan fingerprint density at radius 2 is 1.95 bits per heavy atom. The molecular weight excluding hydrogens is 600 g/mol. The van der Waals surface area contributed by atoms with Crippen LogP contribution in [-0.4, -0.2) is 57.1 Å². The Balaban J connectivity index is 1.55. The Hall–Kier alpha value is -2.59. The van der Waals surface area contributed by atoms with Gasteiger partial charge in [0.15, 0.2) is 0 Å². The van der Waals surface area contributed by atoms with Crippen molar-refractivity contribution in [1.82, 2.24) is 4.72 Å². The zero-order chi connectivity index (χ0) is 31.4. The van der Waals surface area contributed by atoms with Crippen LogP contribution in [0.5, 0.6) is 5.75 Å². The molecule has 1 unspecified atom stereocenters. The molecule has 2 bridgehead atoms. The Morgan fingerprint density at radius 1 is 1.14 bits per heavy atom. The molecule has 1 amide bonds. The van der Waals surface area contributed by atoms with Crippen molar-refractivity contribution < 1.29 is 27.8 Å². The predicted molar refractivity (Wildman–Crippen MR) is 174 cm³/mol. The lowest BCUT2D eigenvalue weighted by Gasteiger charge is -2.42. The third-order valence-corrected chi connectivity index (χ3v) is 11.4. The normalized spacial score (nSPS) is 28.4. The van der Waals surface area contributed by atoms with Crippen LogP contribution in [-0.2, 0) is 27.8 Å². The molecule has 44 heavy (non-hydrogen) atoms. The highest BCUT2D eigenvalue weighted by atomic mass is 35.5. The number of ether oxygens (including phenoxy) is 2. The average molecular weight is 645 g/mol. The number of nitrogens with zero attached hydrogens (tertiary/aromatic N) is 1. The van der Waals surface area contributed by atoms with E-state index in [0.29, 0.717) is 36.8 Å². The number of sulfonamides is 1. The summed E-state index contributed by atoms with van der Waals surface area (Å²) in [6.45, 7) is 5.67. The molecule has 2 aromatic rings. The topological polar surface area (TPSA) is 105 Å². The van der Waals surface area contributed by atoms with Crippen molar-refractivity contribution in [2.45, 2.75) is 82.9 Å². The van der Waals surface area contributed by atoms with E-state index >= 15 is 0 Å². The highest BCUT2D eigenvalue weighted by Crippen LogP contribution is 2.41. The van der Waals surface area contributed by atoms with Gasteiger partial charge in [0.05, 0.1) is 17.9 Å². The largest absolute Gasteiger partial charge is 0.487 e. The zero-order valence-electron chi connectivity index (χ0n) is 25.9. The number of aliphatic hydroxyl groups excluding tert-OH is 1. The van der Waals surface area contributed by atoms with E-state index < -0.39 is 33.4 Å². The van der Waals surface area contributed by atoms with Gasteiger partial charge in [-0.05, 0) is 104 Å². The van der Waals surface area contributed by atoms with E-state index in [0.717, 1.165) is 49.9 Å². The van der Waals surface area contributed by atoms with Gasteiger partial charge in [0, 0.05) is 30.8 Å². The van der Waals surface area contributed by atoms with Gasteiger partial charge < -0.3 is 19.5 Å². The van der Waals surface area contributed by atoms with Crippen molar-refractivity contribution >= 4 is 33.2 Å². The number of rotatable bonds is 3. The third kappa shape index (κ3) is 7.61. The molecular formula is C34H45ClN2O6S. The van der Waals surface area contributed by atoms with Crippen LogP contribution in [0.25, 0.3) is 0 Å². The fourth-order valence-corrected chi connectivity index (χ4v) is 8.72. The molecule has 2 aliphatic heterocycles. The number of carbonyl (C=O) groups is 1. The van der Waals surface area contributed by atoms with Crippen molar-refractivity contribution in [3.8, 4) is 5.75 Å². The van der Waals surface area contributed by atoms with E-state index in [9.17, 15) is 18.3 Å². The number of aliphatic hydroxyl groups is 1. The van der Waals surface area contributed by atoms with E-state index in [1.54, 1.807) is 24.3 Å². The SMILES string of the molecule is CO[C@H]1C/C=C/[C@H](O)[C@H]2CCC2CN2CCCCc3cc(Cl)ccc3COc3ccc(cc32)C(=O)NS(=O)(=O)[C@@H]1CC(C)C. The monoisotopic (exact) mass is 644 g/mol. The Kier molecular flexibility index (Phi) is 10.6. The van der Waals surface area contributed by atoms with E-state index in [1.807, 2.05) is 38.1 Å². The second-order valence-electron chi connectivity index (χ2n) is 12.9. The molecule has 0 spiro atoms. The number of carbonyl (C=O) groups excluding carboxylic acids is 1. The van der Waals surface area contributed by atoms with Gasteiger partial charge in [-0.25, -0.2) is 13.1 Å². The summed E-state index contributed by atoms with van der Waals surface area (Å²) in [7, 11) is -2.61. The fourth-order valence-electron chi connectivity index (χ4n) is 6.74. The van der Waals surface area contributed by atoms with Crippen LogP contribution < -0.4 is 14.4 Å². The van der Waals surface area contributed by atoms with Crippen molar-refractivity contribution in [1.29, 1.82) is 0 Å². The average Bonchev–Trinajstić information content (AvgIpc) is 2.99. The first kappa shape index (κ1) is 32.8. The minimum Gasteiger partial charge on any atom is -0.487 e. The zero-order valence-corrected chi connectivity index (χ0v) is 27.4. The van der Waals surface area contributed by atoms with Gasteiger partial charge >= 0.3 is 0 Å². The minimum absolute atomic E-state index is 0.0561. The molecule has 5 atom stereocenters. The first-order chi connectivity index (χ1) is 21.1. The van der Waals surface area contributed by atoms with Crippen molar-refractivity contribution in [3.05, 3.63) is 70.3 Å². The Morgan fingerprint density at radius 3 is 2.68 bits per heavy atom. The van der Waals surface area contributed by atoms with Gasteiger partial charge in [-0.15, -0.1) is 0 Å². The molecule has 0 radical (unpaired) electrons. The number of anilines is 1. The van der Waals surface area contributed by atoms with Crippen LogP contribution in [0.3, 0.4) is 0 Å². The highest BCUT2D eigenvalue weighted by molar-refractivity contribution is 7.90. The van der Waals surface area contributed by atoms with Crippen LogP contribution in [0.1, 0.15) is 73.9 Å². The van der Waals surface area contributed by atoms with Crippen molar-refractivity contribution in [2.24, 2.45) is 17.8 Å². The molecule has 1 aliphatic carbocycles. The standard InChI is InChI=1S/C34H45ClN2O6S/c1-22(2)17-33-32(42-3)9-6-8-30(38)28-14-11-25(28)20-37-16-5-4-7-23-18-27(35)13-10-26(23)21-43-31-15-12-24(19-29(31)37)34(39)36-44(33,40)41/h6,8,10,12-13,15,18-19,22,25,28,30,32-33,38H,4-5,7,9,11,14,16-17,20-21H2,1-3H3,(H,36,39)/b8-6+/t25?,28-,30-,32-,33+/m0/s1. The minimum atomic E-state index is -4.10. The number of fused-ring (bicyclic) bond motifs is 3. The lowest BCUT2D eigenvalue weighted by molar-refractivity contribution is 0.0456. The number of aryl methyl sites for hydroxylation is 1. The summed E-state index contributed by atoms with van der Waals surface area (Å²) in [6, 6.07) is 11.0. The molecule has 240 valence electrons. The van der Waals surface area contributed by atoms with Gasteiger partial charge in [0.1, 0.15) is 17.6 Å². The number of hydrogen-bond donors (Lipinski definition) is 2. The van der Waals surface area contributed by atoms with Crippen molar-refractivity contribution in [3.63, 3.8) is 0 Å². The molecule has 1 fully saturated rings. The number of methoxy groups -OCH3 is 1. The maximum Gasteiger partial charge on any atom is 0.264 e. The molecule has 5 rings (SSSR count). The molecule has 10 heteroatoms. The van der Waals surface area contributed by atoms with Crippen LogP contribution in [0.15, 0.2) is 48.6 Å². The molecule has 3 aliphatic rings. The van der Waals surface area contributed by atoms with Crippen LogP contribution in [0, 0.1) is 17.8 Å². The summed E-state index contributed by atoms with van der Waals surface area (Å²) in [4.78, 5) is 15.8. The van der Waals surface area contributed by atoms with Crippen LogP contribution >= 0.6 is 11.6 Å². The summed E-state index contributed by atoms with van der Waals surface area (Å²) in [5.41, 5.74) is 3.23. The quantitative estimate of drug-likeness (QED) is 0.401. The van der Waals surface area contributed by atoms with Crippen LogP contribution in [0.2, 0.25) is 5.02 Å². The molecule has 1 saturated carbocycles. The van der Waals surface area contributed by atoms with Crippen molar-refractivity contribution in [2.75, 3.05) is 25.1 Å². The van der Waals surface area contributed by atoms with E-state index in [-0.39, 0.29) is 23.3 Å². The Labute approximate surface area is 266 Å². The molecule has 2 N–H and O–H groups in total. The summed E-state index contributed by atoms with van der Waals surface area (Å²) in [5, 5.41) is 10.9. The molecule has 0 saturated heterocycles. The fraction of sp³-hybridized carbons (Fsp3) is 0.559. The third-order valence-electron chi connectivity index (χ3n) is 9.36. The molecule has 0 aromatic heterocycles.